The minimum atomic E-state index is 0.0843. The van der Waals surface area contributed by atoms with Gasteiger partial charge in [-0.25, -0.2) is 24.9 Å². The Morgan fingerprint density at radius 2 is 0.961 bits per heavy atom. The van der Waals surface area contributed by atoms with Gasteiger partial charge in [0.25, 0.3) is 0 Å². The van der Waals surface area contributed by atoms with Gasteiger partial charge in [-0.2, -0.15) is 0 Å². The van der Waals surface area contributed by atoms with Gasteiger partial charge in [0.15, 0.2) is 23.3 Å². The molecule has 51 heavy (non-hydrogen) atoms. The Kier molecular flexibility index (Phi) is 5.98. The van der Waals surface area contributed by atoms with E-state index in [0.717, 1.165) is 50.0 Å². The third-order valence-electron chi connectivity index (χ3n) is 10.4. The Morgan fingerprint density at radius 1 is 0.392 bits per heavy atom. The molecule has 3 aromatic heterocycles. The predicted octanol–water partition coefficient (Wildman–Crippen LogP) is 10.2. The molecule has 0 radical (unpaired) electrons. The van der Waals surface area contributed by atoms with E-state index in [4.69, 9.17) is 19.4 Å². The summed E-state index contributed by atoms with van der Waals surface area (Å²) >= 11 is 0. The molecule has 6 nitrogen and oxygen atoms in total. The van der Waals surface area contributed by atoms with Gasteiger partial charge in [0.05, 0.1) is 5.56 Å². The van der Waals surface area contributed by atoms with Gasteiger partial charge in [-0.1, -0.05) is 109 Å². The van der Waals surface area contributed by atoms with Crippen LogP contribution in [-0.2, 0) is 0 Å². The molecule has 3 aliphatic rings. The van der Waals surface area contributed by atoms with Gasteiger partial charge in [-0.3, -0.25) is 0 Å². The maximum absolute atomic E-state index is 6.43. The van der Waals surface area contributed by atoms with Crippen molar-refractivity contribution in [3.63, 3.8) is 0 Å². The largest absolute Gasteiger partial charge is 0.455 e. The molecule has 2 atom stereocenters. The summed E-state index contributed by atoms with van der Waals surface area (Å²) in [4.78, 5) is 24.4. The number of aromatic nitrogens is 5. The van der Waals surface area contributed by atoms with Gasteiger partial charge in [0, 0.05) is 51.7 Å². The fourth-order valence-corrected chi connectivity index (χ4v) is 8.21. The Morgan fingerprint density at radius 3 is 1.69 bits per heavy atom. The summed E-state index contributed by atoms with van der Waals surface area (Å²) in [7, 11) is 0. The van der Waals surface area contributed by atoms with Gasteiger partial charge < -0.3 is 4.42 Å². The minimum absolute atomic E-state index is 0.0843. The molecule has 9 aromatic rings. The summed E-state index contributed by atoms with van der Waals surface area (Å²) in [6.07, 6.45) is 3.60. The van der Waals surface area contributed by atoms with Crippen molar-refractivity contribution in [3.05, 3.63) is 185 Å². The molecule has 2 bridgehead atoms. The Labute approximate surface area is 293 Å². The van der Waals surface area contributed by atoms with Crippen molar-refractivity contribution in [3.8, 4) is 45.6 Å². The smallest absolute Gasteiger partial charge is 0.167 e. The first-order valence-corrected chi connectivity index (χ1v) is 17.1. The summed E-state index contributed by atoms with van der Waals surface area (Å²) in [6.45, 7) is 0. The van der Waals surface area contributed by atoms with E-state index in [-0.39, 0.29) is 11.8 Å². The van der Waals surface area contributed by atoms with Gasteiger partial charge in [0.2, 0.25) is 0 Å². The van der Waals surface area contributed by atoms with Crippen molar-refractivity contribution >= 4 is 21.9 Å². The van der Waals surface area contributed by atoms with E-state index in [0.29, 0.717) is 17.5 Å². The van der Waals surface area contributed by atoms with E-state index in [1.54, 1.807) is 12.4 Å². The maximum Gasteiger partial charge on any atom is 0.167 e. The molecule has 0 N–H and O–H groups in total. The summed E-state index contributed by atoms with van der Waals surface area (Å²) < 4.78 is 6.43. The van der Waals surface area contributed by atoms with Crippen molar-refractivity contribution in [2.24, 2.45) is 0 Å². The Hall–Kier alpha value is -6.79. The molecular weight excluding hydrogens is 627 g/mol. The molecule has 6 heteroatoms. The number of hydrogen-bond donors (Lipinski definition) is 0. The van der Waals surface area contributed by atoms with Crippen LogP contribution in [0.2, 0.25) is 0 Å². The summed E-state index contributed by atoms with van der Waals surface area (Å²) in [5.41, 5.74) is 13.3. The van der Waals surface area contributed by atoms with Gasteiger partial charge in [0.1, 0.15) is 11.2 Å². The second kappa shape index (κ2) is 10.9. The molecular formula is C45H27N5O. The van der Waals surface area contributed by atoms with Crippen LogP contribution in [0.3, 0.4) is 0 Å². The van der Waals surface area contributed by atoms with Gasteiger partial charge in [-0.05, 0) is 63.7 Å². The first-order chi connectivity index (χ1) is 25.3. The van der Waals surface area contributed by atoms with Crippen LogP contribution < -0.4 is 0 Å². The number of rotatable bonds is 4. The standard InChI is InChI=1S/C45H27N5O/c1-2-10-26(11-3-1)43-48-44(50-45(49-43)35-16-8-15-34-29-12-6-7-17-38(29)51-41(34)35)28-19-21-33-37(25-28)40-31-14-5-4-13-30(31)39(33)36-24-27(18-20-32(36)40)42-46-22-9-23-47-42/h1-25,39-40H. The van der Waals surface area contributed by atoms with Crippen LogP contribution in [-0.4, -0.2) is 24.9 Å². The number of para-hydroxylation sites is 2. The third-order valence-corrected chi connectivity index (χ3v) is 10.4. The number of nitrogens with zero attached hydrogens (tertiary/aromatic N) is 5. The SMILES string of the molecule is c1ccc(-c2nc(-c3ccc4c(c3)C3c5ccccc5C4c4cc(-c5ncccn5)ccc43)nc(-c3cccc4c3oc3ccccc34)n2)cc1. The van der Waals surface area contributed by atoms with Crippen LogP contribution in [0.5, 0.6) is 0 Å². The lowest BCUT2D eigenvalue weighted by Crippen LogP contribution is -2.27. The Balaban J connectivity index is 1.09. The summed E-state index contributed by atoms with van der Waals surface area (Å²) in [5.74, 6) is 2.75. The number of furan rings is 1. The molecule has 3 aliphatic carbocycles. The average Bonchev–Trinajstić information content (AvgIpc) is 3.60. The monoisotopic (exact) mass is 653 g/mol. The van der Waals surface area contributed by atoms with Crippen molar-refractivity contribution in [1.29, 1.82) is 0 Å². The normalized spacial score (nSPS) is 15.5. The number of hydrogen-bond acceptors (Lipinski definition) is 6. The highest BCUT2D eigenvalue weighted by Crippen LogP contribution is 2.56. The van der Waals surface area contributed by atoms with Crippen LogP contribution in [0.25, 0.3) is 67.5 Å². The van der Waals surface area contributed by atoms with E-state index in [1.165, 1.54) is 33.4 Å². The minimum Gasteiger partial charge on any atom is -0.455 e. The highest BCUT2D eigenvalue weighted by Gasteiger charge is 2.41. The second-order valence-electron chi connectivity index (χ2n) is 13.2. The highest BCUT2D eigenvalue weighted by atomic mass is 16.3. The zero-order chi connectivity index (χ0) is 33.5. The van der Waals surface area contributed by atoms with Crippen LogP contribution in [0.15, 0.2) is 156 Å². The van der Waals surface area contributed by atoms with Gasteiger partial charge in [-0.15, -0.1) is 0 Å². The molecule has 0 saturated heterocycles. The predicted molar refractivity (Wildman–Crippen MR) is 199 cm³/mol. The summed E-state index contributed by atoms with van der Waals surface area (Å²) in [6, 6.07) is 48.6. The van der Waals surface area contributed by atoms with Crippen LogP contribution in [0.1, 0.15) is 45.2 Å². The zero-order valence-corrected chi connectivity index (χ0v) is 27.2. The topological polar surface area (TPSA) is 77.6 Å². The Bertz CT molecular complexity index is 2830. The van der Waals surface area contributed by atoms with Crippen molar-refractivity contribution < 1.29 is 4.42 Å². The second-order valence-corrected chi connectivity index (χ2v) is 13.2. The lowest BCUT2D eigenvalue weighted by Gasteiger charge is -2.42. The molecule has 0 aliphatic heterocycles. The van der Waals surface area contributed by atoms with Crippen LogP contribution >= 0.6 is 0 Å². The van der Waals surface area contributed by atoms with Crippen LogP contribution in [0.4, 0.5) is 0 Å². The maximum atomic E-state index is 6.43. The lowest BCUT2D eigenvalue weighted by molar-refractivity contribution is 0.669. The average molecular weight is 654 g/mol. The van der Waals surface area contributed by atoms with Crippen molar-refractivity contribution in [1.82, 2.24) is 24.9 Å². The first kappa shape index (κ1) is 28.1. The molecule has 0 spiro atoms. The molecule has 6 aromatic carbocycles. The molecule has 0 amide bonds. The molecule has 0 fully saturated rings. The first-order valence-electron chi connectivity index (χ1n) is 17.1. The van der Waals surface area contributed by atoms with Crippen molar-refractivity contribution in [2.45, 2.75) is 11.8 Å². The molecule has 238 valence electrons. The van der Waals surface area contributed by atoms with Crippen LogP contribution in [0, 0.1) is 0 Å². The number of fused-ring (bicyclic) bond motifs is 3. The molecule has 2 unspecified atom stereocenters. The van der Waals surface area contributed by atoms with E-state index in [9.17, 15) is 0 Å². The third kappa shape index (κ3) is 4.26. The van der Waals surface area contributed by atoms with E-state index >= 15 is 0 Å². The summed E-state index contributed by atoms with van der Waals surface area (Å²) in [5, 5.41) is 2.11. The van der Waals surface area contributed by atoms with E-state index < -0.39 is 0 Å². The van der Waals surface area contributed by atoms with E-state index in [2.05, 4.69) is 82.8 Å². The molecule has 12 rings (SSSR count). The van der Waals surface area contributed by atoms with Crippen molar-refractivity contribution in [2.75, 3.05) is 0 Å². The number of benzene rings is 6. The lowest BCUT2D eigenvalue weighted by atomic mass is 9.61. The zero-order valence-electron chi connectivity index (χ0n) is 27.2. The molecule has 0 saturated carbocycles. The quantitative estimate of drug-likeness (QED) is 0.188. The molecule has 3 heterocycles. The fraction of sp³-hybridized carbons (Fsp3) is 0.0444. The van der Waals surface area contributed by atoms with E-state index in [1.807, 2.05) is 66.7 Å². The van der Waals surface area contributed by atoms with Gasteiger partial charge >= 0.3 is 0 Å². The fourth-order valence-electron chi connectivity index (χ4n) is 8.21. The highest BCUT2D eigenvalue weighted by molar-refractivity contribution is 6.09.